The zero-order chi connectivity index (χ0) is 57.8. The fourth-order valence-electron chi connectivity index (χ4n) is 8.23. The zero-order valence-corrected chi connectivity index (χ0v) is 46.7. The summed E-state index contributed by atoms with van der Waals surface area (Å²) in [6, 6.07) is 47.2. The third-order valence-electron chi connectivity index (χ3n) is 12.2. The molecule has 6 aromatic carbocycles. The maximum Gasteiger partial charge on any atom is 0.213 e. The van der Waals surface area contributed by atoms with Gasteiger partial charge in [0.1, 0.15) is 73.4 Å². The summed E-state index contributed by atoms with van der Waals surface area (Å²) in [4.78, 5) is 25.0. The van der Waals surface area contributed by atoms with Crippen LogP contribution in [0.3, 0.4) is 0 Å². The van der Waals surface area contributed by atoms with E-state index in [1.54, 1.807) is 87.4 Å². The molecule has 6 aromatic heterocycles. The molecule has 0 fully saturated rings. The highest BCUT2D eigenvalue weighted by Gasteiger charge is 2.09. The third kappa shape index (κ3) is 15.7. The van der Waals surface area contributed by atoms with E-state index in [-0.39, 0.29) is 28.7 Å². The van der Waals surface area contributed by atoms with Gasteiger partial charge in [0.25, 0.3) is 0 Å². The second-order valence-corrected chi connectivity index (χ2v) is 18.9. The van der Waals surface area contributed by atoms with Gasteiger partial charge in [-0.05, 0) is 98.1 Å². The maximum absolute atomic E-state index is 9.92. The number of nitrogens with zero attached hydrogens (tertiary/aromatic N) is 6. The first-order chi connectivity index (χ1) is 39.2. The van der Waals surface area contributed by atoms with Crippen molar-refractivity contribution in [1.29, 1.82) is 0 Å². The number of hydrogen-bond donors (Lipinski definition) is 7. The maximum atomic E-state index is 9.92. The Bertz CT molecular complexity index is 4060. The van der Waals surface area contributed by atoms with E-state index < -0.39 is 0 Å². The van der Waals surface area contributed by atoms with Gasteiger partial charge in [-0.15, -0.1) is 0 Å². The van der Waals surface area contributed by atoms with Gasteiger partial charge in [0.05, 0.1) is 19.2 Å². The molecule has 15 nitrogen and oxygen atoms in total. The van der Waals surface area contributed by atoms with E-state index in [0.717, 1.165) is 87.4 Å². The Labute approximate surface area is 478 Å². The Morgan fingerprint density at radius 3 is 1.64 bits per heavy atom. The summed E-state index contributed by atoms with van der Waals surface area (Å²) in [5.41, 5.74) is 5.47. The van der Waals surface area contributed by atoms with Gasteiger partial charge < -0.3 is 45.4 Å². The van der Waals surface area contributed by atoms with Crippen LogP contribution in [0.25, 0.3) is 65.4 Å². The van der Waals surface area contributed by atoms with Crippen LogP contribution in [0.4, 0.5) is 5.82 Å². The van der Waals surface area contributed by atoms with Gasteiger partial charge in [-0.2, -0.15) is 0 Å². The van der Waals surface area contributed by atoms with E-state index in [1.165, 1.54) is 6.07 Å². The van der Waals surface area contributed by atoms with Crippen molar-refractivity contribution in [2.24, 2.45) is 0 Å². The van der Waals surface area contributed by atoms with Crippen molar-refractivity contribution in [3.05, 3.63) is 198 Å². The number of methoxy groups -OCH3 is 2. The predicted molar refractivity (Wildman–Crippen MR) is 326 cm³/mol. The van der Waals surface area contributed by atoms with Crippen LogP contribution in [0.5, 0.6) is 46.1 Å². The van der Waals surface area contributed by atoms with Crippen LogP contribution in [-0.2, 0) is 6.42 Å². The minimum Gasteiger partial charge on any atom is -0.506 e. The lowest BCUT2D eigenvalue weighted by molar-refractivity contribution is 0.398. The van der Waals surface area contributed by atoms with Crippen LogP contribution in [0, 0.1) is 6.92 Å². The molecular weight excluding hydrogens is 1070 g/mol. The SMILES string of the molecule is CCCCNc1ccc2cccc(O)c2n1.CCCc1ccc2cccnc2c1O.COc1cc(C)nc2c(O)cccc12.COc1ccc2cccc(O)c2n1.Oc1c(Cl)ccc2cccnc12.Oc1cc(Cl)cc2cccnc12. The van der Waals surface area contributed by atoms with Gasteiger partial charge in [0.15, 0.2) is 5.75 Å². The molecule has 0 saturated heterocycles. The normalized spacial score (nSPS) is 10.5. The molecule has 17 heteroatoms. The Morgan fingerprint density at radius 1 is 0.469 bits per heavy atom. The summed E-state index contributed by atoms with van der Waals surface area (Å²) in [7, 11) is 3.16. The molecule has 0 aliphatic heterocycles. The number of hydrogen-bond acceptors (Lipinski definition) is 15. The van der Waals surface area contributed by atoms with Crippen LogP contribution in [0.1, 0.15) is 44.4 Å². The van der Waals surface area contributed by atoms with Crippen LogP contribution < -0.4 is 14.8 Å². The molecule has 0 unspecified atom stereocenters. The number of unbranched alkanes of at least 4 members (excludes halogenated alkanes) is 1. The van der Waals surface area contributed by atoms with Crippen molar-refractivity contribution in [2.75, 3.05) is 26.1 Å². The van der Waals surface area contributed by atoms with Crippen LogP contribution in [-0.4, -0.2) is 81.3 Å². The van der Waals surface area contributed by atoms with E-state index in [9.17, 15) is 30.6 Å². The summed E-state index contributed by atoms with van der Waals surface area (Å²) >= 11 is 11.4. The molecule has 0 aliphatic rings. The van der Waals surface area contributed by atoms with E-state index >= 15 is 0 Å². The van der Waals surface area contributed by atoms with Gasteiger partial charge in [0, 0.05) is 86.4 Å². The molecule has 7 N–H and O–H groups in total. The number of rotatable bonds is 8. The number of halogens is 2. The molecule has 0 amide bonds. The van der Waals surface area contributed by atoms with Gasteiger partial charge in [0.2, 0.25) is 5.88 Å². The summed E-state index contributed by atoms with van der Waals surface area (Å²) in [6.45, 7) is 7.04. The van der Waals surface area contributed by atoms with Crippen molar-refractivity contribution >= 4 is 94.4 Å². The second kappa shape index (κ2) is 29.0. The van der Waals surface area contributed by atoms with E-state index in [1.807, 2.05) is 104 Å². The number of phenols is 6. The fourth-order valence-corrected chi connectivity index (χ4v) is 8.60. The lowest BCUT2D eigenvalue weighted by Gasteiger charge is -2.06. The first kappa shape index (κ1) is 59.2. The van der Waals surface area contributed by atoms with Crippen molar-refractivity contribution in [3.63, 3.8) is 0 Å². The summed E-state index contributed by atoms with van der Waals surface area (Å²) in [5.74, 6) is 3.18. The number of anilines is 1. The summed E-state index contributed by atoms with van der Waals surface area (Å²) < 4.78 is 10.2. The highest BCUT2D eigenvalue weighted by Crippen LogP contribution is 2.33. The van der Waals surface area contributed by atoms with Gasteiger partial charge >= 0.3 is 0 Å². The number of phenolic OH excluding ortho intramolecular Hbond substituents is 6. The lowest BCUT2D eigenvalue weighted by atomic mass is 10.1. The summed E-state index contributed by atoms with van der Waals surface area (Å²) in [5, 5.41) is 67.1. The van der Waals surface area contributed by atoms with Crippen LogP contribution in [0.15, 0.2) is 176 Å². The molecule has 12 aromatic rings. The number of nitrogens with one attached hydrogen (secondary N) is 1. The smallest absolute Gasteiger partial charge is 0.213 e. The predicted octanol–water partition coefficient (Wildman–Crippen LogP) is 15.4. The molecule has 0 saturated carbocycles. The van der Waals surface area contributed by atoms with Crippen molar-refractivity contribution in [2.45, 2.75) is 46.5 Å². The van der Waals surface area contributed by atoms with E-state index in [4.69, 9.17) is 32.7 Å². The average Bonchev–Trinajstić information content (AvgIpc) is 3.57. The lowest BCUT2D eigenvalue weighted by Crippen LogP contribution is -2.02. The molecular formula is C64H61Cl2N7O8. The molecule has 12 rings (SSSR count). The van der Waals surface area contributed by atoms with Crippen molar-refractivity contribution in [3.8, 4) is 46.1 Å². The highest BCUT2D eigenvalue weighted by molar-refractivity contribution is 6.33. The number of aromatic nitrogens is 6. The molecule has 0 spiro atoms. The number of pyridine rings is 6. The summed E-state index contributed by atoms with van der Waals surface area (Å²) in [6.07, 6.45) is 9.18. The first-order valence-corrected chi connectivity index (χ1v) is 26.6. The molecule has 81 heavy (non-hydrogen) atoms. The standard InChI is InChI=1S/C13H16N2O.C12H13NO.C11H11NO2.C10H9NO2.2C9H6ClNO/c1-2-3-9-14-12-8-7-10-5-4-6-11(16)13(10)15-12;1-2-4-10-7-6-9-5-3-8-13-11(9)12(10)14;1-7-6-10(14-2)8-4-3-5-9(13)11(8)12-7;1-13-9-6-5-7-3-2-4-8(12)10(7)11-9;10-7-4-3-6-2-1-5-11-8(6)9(7)12;10-7-4-6-2-1-3-11-9(6)8(12)5-7/h4-8,16H,2-3,9H2,1H3,(H,14,15);3,5-8,14H,2,4H2,1H3;3-6,13H,1-2H3;2-6,12H,1H3;2*1-5,12H. The van der Waals surface area contributed by atoms with Crippen molar-refractivity contribution < 1.29 is 40.1 Å². The van der Waals surface area contributed by atoms with Gasteiger partial charge in [-0.3, -0.25) is 15.0 Å². The zero-order valence-electron chi connectivity index (χ0n) is 45.2. The third-order valence-corrected chi connectivity index (χ3v) is 12.8. The molecule has 6 heterocycles. The molecule has 0 bridgehead atoms. The number of aryl methyl sites for hydroxylation is 2. The molecule has 0 radical (unpaired) electrons. The monoisotopic (exact) mass is 1130 g/mol. The average molecular weight is 1130 g/mol. The highest BCUT2D eigenvalue weighted by atomic mass is 35.5. The Hall–Kier alpha value is -9.44. The van der Waals surface area contributed by atoms with Gasteiger partial charge in [-0.25, -0.2) is 15.0 Å². The second-order valence-electron chi connectivity index (χ2n) is 18.0. The fraction of sp³-hybridized carbons (Fsp3) is 0.156. The number of fused-ring (bicyclic) bond motifs is 6. The minimum atomic E-state index is 0.0507. The molecule has 0 atom stereocenters. The number of aromatic hydroxyl groups is 6. The molecule has 414 valence electrons. The van der Waals surface area contributed by atoms with Gasteiger partial charge in [-0.1, -0.05) is 117 Å². The van der Waals surface area contributed by atoms with Crippen LogP contribution >= 0.6 is 23.2 Å². The van der Waals surface area contributed by atoms with Crippen LogP contribution in [0.2, 0.25) is 10.0 Å². The number of benzene rings is 6. The Kier molecular flexibility index (Phi) is 21.2. The van der Waals surface area contributed by atoms with E-state index in [0.29, 0.717) is 54.8 Å². The quantitative estimate of drug-likeness (QED) is 0.0702. The topological polar surface area (TPSA) is 229 Å². The molecule has 0 aliphatic carbocycles. The van der Waals surface area contributed by atoms with Crippen molar-refractivity contribution in [1.82, 2.24) is 29.9 Å². The Balaban J connectivity index is 0.000000141. The number of para-hydroxylation sites is 3. The minimum absolute atomic E-state index is 0.0507. The Morgan fingerprint density at radius 2 is 1.01 bits per heavy atom. The largest absolute Gasteiger partial charge is 0.506 e. The first-order valence-electron chi connectivity index (χ1n) is 25.8. The number of ether oxygens (including phenoxy) is 2. The van der Waals surface area contributed by atoms with E-state index in [2.05, 4.69) is 49.1 Å².